The minimum Gasteiger partial charge on any atom is -0.505 e. The van der Waals surface area contributed by atoms with Crippen LogP contribution in [0.1, 0.15) is 38.1 Å². The number of carbonyl (C=O) groups excluding carboxylic acids is 2. The van der Waals surface area contributed by atoms with Gasteiger partial charge in [0.25, 0.3) is 5.91 Å². The molecule has 20 heavy (non-hydrogen) atoms. The van der Waals surface area contributed by atoms with Gasteiger partial charge in [-0.05, 0) is 39.8 Å². The highest BCUT2D eigenvalue weighted by Gasteiger charge is 2.22. The normalized spacial score (nSPS) is 12.6. The summed E-state index contributed by atoms with van der Waals surface area (Å²) in [6.45, 7) is 7.12. The Balaban J connectivity index is 2.76. The predicted molar refractivity (Wildman–Crippen MR) is 77.3 cm³/mol. The fraction of sp³-hybridized carbons (Fsp3) is 0.429. The van der Waals surface area contributed by atoms with Crippen molar-refractivity contribution in [2.75, 3.05) is 5.73 Å². The van der Waals surface area contributed by atoms with Gasteiger partial charge in [0.1, 0.15) is 6.04 Å². The van der Waals surface area contributed by atoms with Gasteiger partial charge in [0.05, 0.1) is 11.3 Å². The number of nitrogens with one attached hydrogen (secondary N) is 2. The molecule has 1 aromatic rings. The van der Waals surface area contributed by atoms with Gasteiger partial charge in [-0.1, -0.05) is 6.07 Å². The molecule has 0 spiro atoms. The van der Waals surface area contributed by atoms with Crippen molar-refractivity contribution >= 4 is 17.5 Å². The first-order chi connectivity index (χ1) is 9.11. The minimum absolute atomic E-state index is 0.0420. The molecule has 5 N–H and O–H groups in total. The molecule has 0 saturated carbocycles. The first-order valence-electron chi connectivity index (χ1n) is 6.32. The fourth-order valence-electron chi connectivity index (χ4n) is 1.56. The number of carbonyl (C=O) groups is 2. The molecule has 6 heteroatoms. The lowest BCUT2D eigenvalue weighted by Crippen LogP contribution is -2.50. The third kappa shape index (κ3) is 4.15. The van der Waals surface area contributed by atoms with Crippen molar-refractivity contribution in [3.05, 3.63) is 23.8 Å². The monoisotopic (exact) mass is 279 g/mol. The Kier molecular flexibility index (Phi) is 4.60. The number of aromatic hydroxyl groups is 1. The van der Waals surface area contributed by atoms with Crippen molar-refractivity contribution in [2.24, 2.45) is 0 Å². The first-order valence-corrected chi connectivity index (χ1v) is 6.32. The standard InChI is InChI=1S/C14H21N3O3/c1-8(12(19)17-14(2,3)4)16-13(20)9-6-5-7-10(15)11(9)18/h5-8,18H,15H2,1-4H3,(H,16,20)(H,17,19). The summed E-state index contributed by atoms with van der Waals surface area (Å²) < 4.78 is 0. The highest BCUT2D eigenvalue weighted by molar-refractivity contribution is 6.00. The number of amides is 2. The van der Waals surface area contributed by atoms with E-state index in [2.05, 4.69) is 10.6 Å². The lowest BCUT2D eigenvalue weighted by atomic mass is 10.1. The lowest BCUT2D eigenvalue weighted by Gasteiger charge is -2.23. The van der Waals surface area contributed by atoms with E-state index in [1.165, 1.54) is 12.1 Å². The number of phenolic OH excluding ortho intramolecular Hbond substituents is 1. The summed E-state index contributed by atoms with van der Waals surface area (Å²) in [5.74, 6) is -1.13. The number of nitrogen functional groups attached to an aromatic ring is 1. The Hall–Kier alpha value is -2.24. The summed E-state index contributed by atoms with van der Waals surface area (Å²) in [7, 11) is 0. The molecular weight excluding hydrogens is 258 g/mol. The zero-order chi connectivity index (χ0) is 15.5. The molecule has 0 aromatic heterocycles. The summed E-state index contributed by atoms with van der Waals surface area (Å²) in [6.07, 6.45) is 0. The second-order valence-electron chi connectivity index (χ2n) is 5.68. The largest absolute Gasteiger partial charge is 0.505 e. The van der Waals surface area contributed by atoms with Crippen LogP contribution < -0.4 is 16.4 Å². The van der Waals surface area contributed by atoms with E-state index in [9.17, 15) is 14.7 Å². The quantitative estimate of drug-likeness (QED) is 0.489. The Morgan fingerprint density at radius 2 is 1.90 bits per heavy atom. The van der Waals surface area contributed by atoms with Crippen LogP contribution in [0, 0.1) is 0 Å². The van der Waals surface area contributed by atoms with E-state index >= 15 is 0 Å². The zero-order valence-corrected chi connectivity index (χ0v) is 12.2. The van der Waals surface area contributed by atoms with E-state index in [1.807, 2.05) is 20.8 Å². The Morgan fingerprint density at radius 1 is 1.30 bits per heavy atom. The van der Waals surface area contributed by atoms with E-state index < -0.39 is 11.9 Å². The maximum atomic E-state index is 12.0. The summed E-state index contributed by atoms with van der Waals surface area (Å²) >= 11 is 0. The molecule has 0 aliphatic carbocycles. The van der Waals surface area contributed by atoms with Gasteiger partial charge < -0.3 is 21.5 Å². The van der Waals surface area contributed by atoms with Gasteiger partial charge >= 0.3 is 0 Å². The minimum atomic E-state index is -0.720. The van der Waals surface area contributed by atoms with Crippen LogP contribution in [-0.4, -0.2) is 28.5 Å². The summed E-state index contributed by atoms with van der Waals surface area (Å²) in [5, 5.41) is 15.0. The van der Waals surface area contributed by atoms with Crippen LogP contribution in [0.3, 0.4) is 0 Å². The molecule has 0 bridgehead atoms. The van der Waals surface area contributed by atoms with Gasteiger partial charge in [-0.25, -0.2) is 0 Å². The maximum absolute atomic E-state index is 12.0. The van der Waals surface area contributed by atoms with Crippen LogP contribution in [0.15, 0.2) is 18.2 Å². The summed E-state index contributed by atoms with van der Waals surface area (Å²) in [6, 6.07) is 3.77. The third-order valence-corrected chi connectivity index (χ3v) is 2.55. The number of rotatable bonds is 3. The SMILES string of the molecule is CC(NC(=O)c1cccc(N)c1O)C(=O)NC(C)(C)C. The van der Waals surface area contributed by atoms with Gasteiger partial charge in [0.15, 0.2) is 5.75 Å². The van der Waals surface area contributed by atoms with Crippen molar-refractivity contribution in [3.63, 3.8) is 0 Å². The van der Waals surface area contributed by atoms with Crippen LogP contribution in [0.5, 0.6) is 5.75 Å². The molecular formula is C14H21N3O3. The number of hydrogen-bond acceptors (Lipinski definition) is 4. The lowest BCUT2D eigenvalue weighted by molar-refractivity contribution is -0.124. The van der Waals surface area contributed by atoms with Crippen molar-refractivity contribution in [1.82, 2.24) is 10.6 Å². The van der Waals surface area contributed by atoms with Gasteiger partial charge in [0.2, 0.25) is 5.91 Å². The van der Waals surface area contributed by atoms with Crippen molar-refractivity contribution in [3.8, 4) is 5.75 Å². The number of anilines is 1. The van der Waals surface area contributed by atoms with Crippen molar-refractivity contribution < 1.29 is 14.7 Å². The molecule has 1 unspecified atom stereocenters. The number of nitrogens with two attached hydrogens (primary N) is 1. The van der Waals surface area contributed by atoms with Crippen LogP contribution in [-0.2, 0) is 4.79 Å². The van der Waals surface area contributed by atoms with Crippen LogP contribution in [0.4, 0.5) is 5.69 Å². The van der Waals surface area contributed by atoms with E-state index in [1.54, 1.807) is 13.0 Å². The Morgan fingerprint density at radius 3 is 2.45 bits per heavy atom. The molecule has 0 saturated heterocycles. The predicted octanol–water partition coefficient (Wildman–Crippen LogP) is 1.01. The van der Waals surface area contributed by atoms with Gasteiger partial charge in [-0.15, -0.1) is 0 Å². The Bertz CT molecular complexity index is 521. The van der Waals surface area contributed by atoms with Gasteiger partial charge in [-0.3, -0.25) is 9.59 Å². The third-order valence-electron chi connectivity index (χ3n) is 2.55. The average Bonchev–Trinajstić information content (AvgIpc) is 2.30. The maximum Gasteiger partial charge on any atom is 0.255 e. The van der Waals surface area contributed by atoms with Crippen LogP contribution >= 0.6 is 0 Å². The number of para-hydroxylation sites is 1. The van der Waals surface area contributed by atoms with Gasteiger partial charge in [0, 0.05) is 5.54 Å². The molecule has 0 fully saturated rings. The van der Waals surface area contributed by atoms with Crippen molar-refractivity contribution in [2.45, 2.75) is 39.3 Å². The van der Waals surface area contributed by atoms with Crippen molar-refractivity contribution in [1.29, 1.82) is 0 Å². The highest BCUT2D eigenvalue weighted by Crippen LogP contribution is 2.24. The van der Waals surface area contributed by atoms with Crippen LogP contribution in [0.25, 0.3) is 0 Å². The second-order valence-corrected chi connectivity index (χ2v) is 5.68. The van der Waals surface area contributed by atoms with E-state index in [4.69, 9.17) is 5.73 Å². The van der Waals surface area contributed by atoms with E-state index in [0.717, 1.165) is 0 Å². The highest BCUT2D eigenvalue weighted by atomic mass is 16.3. The smallest absolute Gasteiger partial charge is 0.255 e. The zero-order valence-electron chi connectivity index (χ0n) is 12.2. The summed E-state index contributed by atoms with van der Waals surface area (Å²) in [4.78, 5) is 23.9. The van der Waals surface area contributed by atoms with E-state index in [-0.39, 0.29) is 28.4 Å². The molecule has 1 rings (SSSR count). The van der Waals surface area contributed by atoms with E-state index in [0.29, 0.717) is 0 Å². The molecule has 1 atom stereocenters. The molecule has 1 aromatic carbocycles. The Labute approximate surface area is 118 Å². The number of phenols is 1. The topological polar surface area (TPSA) is 104 Å². The molecule has 2 amide bonds. The van der Waals surface area contributed by atoms with Crippen LogP contribution in [0.2, 0.25) is 0 Å². The molecule has 110 valence electrons. The molecule has 6 nitrogen and oxygen atoms in total. The molecule has 0 aliphatic rings. The average molecular weight is 279 g/mol. The molecule has 0 radical (unpaired) electrons. The summed E-state index contributed by atoms with van der Waals surface area (Å²) in [5.41, 5.74) is 5.30. The molecule has 0 heterocycles. The van der Waals surface area contributed by atoms with Gasteiger partial charge in [-0.2, -0.15) is 0 Å². The first kappa shape index (κ1) is 15.8. The number of benzene rings is 1. The molecule has 0 aliphatic heterocycles. The second kappa shape index (κ2) is 5.81. The number of hydrogen-bond donors (Lipinski definition) is 4. The fourth-order valence-corrected chi connectivity index (χ4v) is 1.56.